The number of hydrazone groups is 1. The minimum atomic E-state index is -0.328. The van der Waals surface area contributed by atoms with E-state index >= 15 is 0 Å². The van der Waals surface area contributed by atoms with Crippen molar-refractivity contribution in [3.05, 3.63) is 10.7 Å². The van der Waals surface area contributed by atoms with Gasteiger partial charge in [-0.1, -0.05) is 41.5 Å². The Kier molecular flexibility index (Phi) is 6.13. The van der Waals surface area contributed by atoms with Crippen LogP contribution in [0.4, 0.5) is 0 Å². The van der Waals surface area contributed by atoms with Crippen LogP contribution in [0, 0.1) is 28.6 Å². The molecule has 7 atom stereocenters. The minimum Gasteiger partial charge on any atom is -0.374 e. The molecule has 0 aromatic carbocycles. The number of allylic oxidation sites excluding steroid dienone is 1. The number of nitrogens with zero attached hydrogens (tertiary/aromatic N) is 2. The van der Waals surface area contributed by atoms with Gasteiger partial charge in [0.1, 0.15) is 0 Å². The molecule has 4 nitrogen and oxygen atoms in total. The molecule has 0 aromatic rings. The highest BCUT2D eigenvalue weighted by atomic mass is 79.9. The topological polar surface area (TPSA) is 50.9 Å². The summed E-state index contributed by atoms with van der Waals surface area (Å²) in [4.78, 5) is 0. The standard InChI is InChI=1S/C23H40BrN3O/c1-15(2)23(7,25)14-28-20-18(27-19(24)9-8-12-26-27)13-22(6)16(3)10-11-21(20,5)17(22)4/h9,12,15-18,20H,8,10-11,13-14,25H2,1-7H3. The van der Waals surface area contributed by atoms with Crippen LogP contribution < -0.4 is 5.73 Å². The quantitative estimate of drug-likeness (QED) is 0.557. The van der Waals surface area contributed by atoms with Crippen LogP contribution in [0.15, 0.2) is 15.8 Å². The van der Waals surface area contributed by atoms with Crippen LogP contribution in [-0.4, -0.2) is 35.5 Å². The molecule has 2 saturated carbocycles. The molecule has 7 unspecified atom stereocenters. The second kappa shape index (κ2) is 7.70. The molecular weight excluding hydrogens is 414 g/mol. The van der Waals surface area contributed by atoms with E-state index in [0.717, 1.165) is 17.4 Å². The molecule has 1 aliphatic heterocycles. The Labute approximate surface area is 180 Å². The van der Waals surface area contributed by atoms with Gasteiger partial charge in [0.2, 0.25) is 0 Å². The monoisotopic (exact) mass is 453 g/mol. The smallest absolute Gasteiger partial charge is 0.0988 e. The van der Waals surface area contributed by atoms with Crippen LogP contribution in [0.3, 0.4) is 0 Å². The van der Waals surface area contributed by atoms with Gasteiger partial charge in [0.15, 0.2) is 0 Å². The van der Waals surface area contributed by atoms with Gasteiger partial charge in [0.25, 0.3) is 0 Å². The van der Waals surface area contributed by atoms with Crippen LogP contribution in [0.5, 0.6) is 0 Å². The predicted octanol–water partition coefficient (Wildman–Crippen LogP) is 5.52. The molecule has 2 bridgehead atoms. The molecule has 0 saturated heterocycles. The predicted molar refractivity (Wildman–Crippen MR) is 121 cm³/mol. The third-order valence-electron chi connectivity index (χ3n) is 8.89. The van der Waals surface area contributed by atoms with Crippen LogP contribution in [0.2, 0.25) is 0 Å². The molecule has 1 heterocycles. The van der Waals surface area contributed by atoms with E-state index in [9.17, 15) is 0 Å². The van der Waals surface area contributed by atoms with Gasteiger partial charge in [-0.3, -0.25) is 5.01 Å². The number of ether oxygens (including phenoxy) is 1. The highest BCUT2D eigenvalue weighted by Gasteiger charge is 2.61. The highest BCUT2D eigenvalue weighted by Crippen LogP contribution is 2.63. The molecule has 3 rings (SSSR count). The molecule has 0 amide bonds. The van der Waals surface area contributed by atoms with Crippen LogP contribution in [0.25, 0.3) is 0 Å². The zero-order valence-corrected chi connectivity index (χ0v) is 20.4. The molecule has 2 fully saturated rings. The van der Waals surface area contributed by atoms with Crippen molar-refractivity contribution in [3.63, 3.8) is 0 Å². The molecule has 0 spiro atoms. The normalized spacial score (nSPS) is 43.1. The van der Waals surface area contributed by atoms with Gasteiger partial charge in [0.05, 0.1) is 23.4 Å². The van der Waals surface area contributed by atoms with Crippen molar-refractivity contribution in [2.24, 2.45) is 39.4 Å². The highest BCUT2D eigenvalue weighted by molar-refractivity contribution is 9.11. The Balaban J connectivity index is 1.97. The Hall–Kier alpha value is -0.390. The number of hydrogen-bond acceptors (Lipinski definition) is 4. The number of rotatable bonds is 5. The van der Waals surface area contributed by atoms with Gasteiger partial charge < -0.3 is 10.5 Å². The van der Waals surface area contributed by atoms with Crippen LogP contribution in [-0.2, 0) is 4.74 Å². The van der Waals surface area contributed by atoms with Crippen molar-refractivity contribution in [1.29, 1.82) is 0 Å². The van der Waals surface area contributed by atoms with E-state index in [1.807, 2.05) is 6.21 Å². The van der Waals surface area contributed by atoms with E-state index in [1.165, 1.54) is 12.8 Å². The van der Waals surface area contributed by atoms with Gasteiger partial charge >= 0.3 is 0 Å². The first-order valence-electron chi connectivity index (χ1n) is 11.0. The molecule has 2 N–H and O–H groups in total. The van der Waals surface area contributed by atoms with Crippen molar-refractivity contribution in [3.8, 4) is 0 Å². The van der Waals surface area contributed by atoms with Gasteiger partial charge in [-0.2, -0.15) is 5.10 Å². The van der Waals surface area contributed by atoms with E-state index in [-0.39, 0.29) is 23.1 Å². The second-order valence-corrected chi connectivity index (χ2v) is 11.6. The Morgan fingerprint density at radius 1 is 1.36 bits per heavy atom. The molecule has 28 heavy (non-hydrogen) atoms. The lowest BCUT2D eigenvalue weighted by Gasteiger charge is -2.64. The largest absolute Gasteiger partial charge is 0.374 e. The average molecular weight is 454 g/mol. The fourth-order valence-electron chi connectivity index (χ4n) is 5.65. The Bertz CT molecular complexity index is 646. The van der Waals surface area contributed by atoms with Crippen molar-refractivity contribution in [2.75, 3.05) is 6.61 Å². The lowest BCUT2D eigenvalue weighted by molar-refractivity contribution is -0.206. The fraction of sp³-hybridized carbons (Fsp3) is 0.870. The number of hydrogen-bond donors (Lipinski definition) is 1. The summed E-state index contributed by atoms with van der Waals surface area (Å²) in [6, 6.07) is 0.221. The van der Waals surface area contributed by atoms with Gasteiger partial charge in [-0.15, -0.1) is 0 Å². The van der Waals surface area contributed by atoms with Crippen molar-refractivity contribution < 1.29 is 4.74 Å². The van der Waals surface area contributed by atoms with Crippen molar-refractivity contribution >= 4 is 22.1 Å². The molecule has 160 valence electrons. The molecule has 3 aliphatic rings. The summed E-state index contributed by atoms with van der Waals surface area (Å²) in [7, 11) is 0. The first-order chi connectivity index (χ1) is 12.9. The van der Waals surface area contributed by atoms with Gasteiger partial charge in [-0.05, 0) is 76.8 Å². The molecular formula is C23H40BrN3O. The average Bonchev–Trinajstić information content (AvgIpc) is 2.62. The summed E-state index contributed by atoms with van der Waals surface area (Å²) < 4.78 is 7.84. The van der Waals surface area contributed by atoms with E-state index in [4.69, 9.17) is 15.6 Å². The third kappa shape index (κ3) is 3.60. The maximum atomic E-state index is 6.77. The van der Waals surface area contributed by atoms with Crippen molar-refractivity contribution in [2.45, 2.75) is 91.8 Å². The van der Waals surface area contributed by atoms with E-state index in [2.05, 4.69) is 75.5 Å². The fourth-order valence-corrected chi connectivity index (χ4v) is 6.19. The first kappa shape index (κ1) is 22.3. The summed E-state index contributed by atoms with van der Waals surface area (Å²) in [6.45, 7) is 16.9. The van der Waals surface area contributed by atoms with E-state index < -0.39 is 0 Å². The maximum Gasteiger partial charge on any atom is 0.0988 e. The zero-order valence-electron chi connectivity index (χ0n) is 18.8. The van der Waals surface area contributed by atoms with Gasteiger partial charge in [-0.25, -0.2) is 0 Å². The van der Waals surface area contributed by atoms with E-state index in [0.29, 0.717) is 29.8 Å². The third-order valence-corrected chi connectivity index (χ3v) is 9.58. The second-order valence-electron chi connectivity index (χ2n) is 10.7. The first-order valence-corrected chi connectivity index (χ1v) is 11.8. The lowest BCUT2D eigenvalue weighted by Crippen LogP contribution is -2.65. The van der Waals surface area contributed by atoms with Crippen LogP contribution in [0.1, 0.15) is 74.1 Å². The summed E-state index contributed by atoms with van der Waals surface area (Å²) in [5.41, 5.74) is 6.68. The number of nitrogens with two attached hydrogens (primary N) is 1. The summed E-state index contributed by atoms with van der Waals surface area (Å²) in [6.07, 6.45) is 8.77. The Morgan fingerprint density at radius 2 is 2.04 bits per heavy atom. The molecule has 5 heteroatoms. The summed E-state index contributed by atoms with van der Waals surface area (Å²) in [5.74, 6) is 1.69. The zero-order chi connectivity index (χ0) is 20.9. The van der Waals surface area contributed by atoms with Crippen molar-refractivity contribution in [1.82, 2.24) is 5.01 Å². The number of halogens is 1. The minimum absolute atomic E-state index is 0.112. The van der Waals surface area contributed by atoms with E-state index in [1.54, 1.807) is 0 Å². The maximum absolute atomic E-state index is 6.77. The Morgan fingerprint density at radius 3 is 2.64 bits per heavy atom. The lowest BCUT2D eigenvalue weighted by atomic mass is 9.45. The SMILES string of the molecule is CC(C)C(C)(N)COC1C(N2N=CCC=C2Br)CC2(C)C(C)CCC1(C)C2C. The number of fused-ring (bicyclic) bond motifs is 2. The summed E-state index contributed by atoms with van der Waals surface area (Å²) >= 11 is 3.77. The molecule has 0 aromatic heterocycles. The van der Waals surface area contributed by atoms with Crippen LogP contribution >= 0.6 is 15.9 Å². The van der Waals surface area contributed by atoms with Gasteiger partial charge in [0, 0.05) is 18.2 Å². The summed E-state index contributed by atoms with van der Waals surface area (Å²) in [5, 5.41) is 6.96. The molecule has 2 aliphatic carbocycles. The molecule has 0 radical (unpaired) electrons.